The third-order valence-electron chi connectivity index (χ3n) is 3.82. The predicted octanol–water partition coefficient (Wildman–Crippen LogP) is 2.80. The molecular weight excluding hydrogens is 262 g/mol. The number of amides is 1. The van der Waals surface area contributed by atoms with Crippen LogP contribution in [0.5, 0.6) is 0 Å². The summed E-state index contributed by atoms with van der Waals surface area (Å²) in [5.74, 6) is 0.637. The van der Waals surface area contributed by atoms with Crippen LogP contribution < -0.4 is 5.32 Å². The molecule has 0 saturated carbocycles. The van der Waals surface area contributed by atoms with Gasteiger partial charge in [-0.25, -0.2) is 0 Å². The molecule has 0 aromatic heterocycles. The topological polar surface area (TPSA) is 56.1 Å². The summed E-state index contributed by atoms with van der Waals surface area (Å²) in [4.78, 5) is 14.4. The van der Waals surface area contributed by atoms with Crippen LogP contribution in [0.4, 0.5) is 0 Å². The number of rotatable bonds is 3. The molecule has 1 aliphatic heterocycles. The first kappa shape index (κ1) is 18.0. The summed E-state index contributed by atoms with van der Waals surface area (Å²) in [5.41, 5.74) is -0.0874. The van der Waals surface area contributed by atoms with Crippen LogP contribution in [0.2, 0.25) is 0 Å². The number of piperidine rings is 1. The molecular formula is C17H31N3O. The van der Waals surface area contributed by atoms with E-state index in [9.17, 15) is 4.79 Å². The molecule has 4 nitrogen and oxygen atoms in total. The monoisotopic (exact) mass is 293 g/mol. The Morgan fingerprint density at radius 3 is 2.33 bits per heavy atom. The summed E-state index contributed by atoms with van der Waals surface area (Å²) in [6.45, 7) is 14.8. The van der Waals surface area contributed by atoms with Crippen molar-refractivity contribution in [3.05, 3.63) is 0 Å². The van der Waals surface area contributed by atoms with Gasteiger partial charge in [0.2, 0.25) is 5.91 Å². The molecule has 1 N–H and O–H groups in total. The number of carbonyl (C=O) groups excluding carboxylic acids is 1. The minimum Gasteiger partial charge on any atom is -0.352 e. The lowest BCUT2D eigenvalue weighted by molar-refractivity contribution is -0.129. The van der Waals surface area contributed by atoms with Crippen molar-refractivity contribution in [3.63, 3.8) is 0 Å². The fraction of sp³-hybridized carbons (Fsp3) is 0.882. The molecule has 1 saturated heterocycles. The van der Waals surface area contributed by atoms with E-state index in [4.69, 9.17) is 5.26 Å². The van der Waals surface area contributed by atoms with E-state index in [1.165, 1.54) is 0 Å². The highest BCUT2D eigenvalue weighted by molar-refractivity contribution is 5.81. The molecule has 1 fully saturated rings. The smallest absolute Gasteiger partial charge is 0.225 e. The molecule has 21 heavy (non-hydrogen) atoms. The van der Waals surface area contributed by atoms with Crippen molar-refractivity contribution in [2.24, 2.45) is 16.7 Å². The van der Waals surface area contributed by atoms with Gasteiger partial charge in [-0.1, -0.05) is 41.5 Å². The number of likely N-dealkylation sites (tertiary alicyclic amines) is 1. The third-order valence-corrected chi connectivity index (χ3v) is 3.82. The summed E-state index contributed by atoms with van der Waals surface area (Å²) in [7, 11) is 0. The first-order valence-corrected chi connectivity index (χ1v) is 7.91. The van der Waals surface area contributed by atoms with E-state index in [2.05, 4.69) is 37.1 Å². The minimum absolute atomic E-state index is 0.0980. The Labute approximate surface area is 129 Å². The van der Waals surface area contributed by atoms with Gasteiger partial charge in [-0.2, -0.15) is 5.26 Å². The van der Waals surface area contributed by atoms with Crippen LogP contribution in [0, 0.1) is 28.1 Å². The Bertz CT molecular complexity index is 398. The van der Waals surface area contributed by atoms with Crippen LogP contribution in [0.1, 0.15) is 54.4 Å². The van der Waals surface area contributed by atoms with Gasteiger partial charge >= 0.3 is 0 Å². The summed E-state index contributed by atoms with van der Waals surface area (Å²) in [5, 5.41) is 12.1. The van der Waals surface area contributed by atoms with Crippen molar-refractivity contribution in [1.29, 1.82) is 5.26 Å². The molecule has 1 amide bonds. The quantitative estimate of drug-likeness (QED) is 0.814. The van der Waals surface area contributed by atoms with Crippen molar-refractivity contribution in [2.45, 2.75) is 60.4 Å². The lowest BCUT2D eigenvalue weighted by Crippen LogP contribution is -2.53. The molecule has 0 aromatic carbocycles. The SMILES string of the molecule is CC(C)(C)CC1CC(NC(=O)C(C)(C)C)CN(CC#N)C1. The van der Waals surface area contributed by atoms with Gasteiger partial charge < -0.3 is 5.32 Å². The van der Waals surface area contributed by atoms with Crippen molar-refractivity contribution in [1.82, 2.24) is 10.2 Å². The van der Waals surface area contributed by atoms with Gasteiger partial charge in [-0.05, 0) is 24.2 Å². The lowest BCUT2D eigenvalue weighted by Gasteiger charge is -2.40. The Hall–Kier alpha value is -1.08. The minimum atomic E-state index is -0.364. The maximum Gasteiger partial charge on any atom is 0.225 e. The number of hydrogen-bond acceptors (Lipinski definition) is 3. The van der Waals surface area contributed by atoms with Crippen molar-refractivity contribution >= 4 is 5.91 Å². The first-order chi connectivity index (χ1) is 9.51. The standard InChI is InChI=1S/C17H31N3O/c1-16(2,3)10-13-9-14(12-20(11-13)8-7-18)19-15(21)17(4,5)6/h13-14H,8-12H2,1-6H3,(H,19,21). The number of nitrogens with one attached hydrogen (secondary N) is 1. The van der Waals surface area contributed by atoms with E-state index in [1.54, 1.807) is 0 Å². The highest BCUT2D eigenvalue weighted by atomic mass is 16.2. The molecule has 2 atom stereocenters. The van der Waals surface area contributed by atoms with Crippen LogP contribution in [0.25, 0.3) is 0 Å². The van der Waals surface area contributed by atoms with Crippen LogP contribution in [0.15, 0.2) is 0 Å². The van der Waals surface area contributed by atoms with E-state index in [1.807, 2.05) is 20.8 Å². The normalized spacial score (nSPS) is 24.4. The Morgan fingerprint density at radius 2 is 1.86 bits per heavy atom. The lowest BCUT2D eigenvalue weighted by atomic mass is 9.80. The summed E-state index contributed by atoms with van der Waals surface area (Å²) in [6, 6.07) is 2.40. The molecule has 0 spiro atoms. The summed E-state index contributed by atoms with van der Waals surface area (Å²) in [6.07, 6.45) is 2.14. The third kappa shape index (κ3) is 6.48. The van der Waals surface area contributed by atoms with Gasteiger partial charge in [-0.15, -0.1) is 0 Å². The van der Waals surface area contributed by atoms with Gasteiger partial charge in [0.05, 0.1) is 12.6 Å². The van der Waals surface area contributed by atoms with Gasteiger partial charge in [-0.3, -0.25) is 9.69 Å². The molecule has 0 aromatic rings. The zero-order valence-electron chi connectivity index (χ0n) is 14.5. The average Bonchev–Trinajstić information content (AvgIpc) is 2.25. The van der Waals surface area contributed by atoms with E-state index in [-0.39, 0.29) is 22.8 Å². The van der Waals surface area contributed by atoms with E-state index in [0.29, 0.717) is 12.5 Å². The molecule has 1 heterocycles. The molecule has 120 valence electrons. The van der Waals surface area contributed by atoms with E-state index < -0.39 is 0 Å². The molecule has 0 bridgehead atoms. The van der Waals surface area contributed by atoms with E-state index in [0.717, 1.165) is 25.9 Å². The van der Waals surface area contributed by atoms with Gasteiger partial charge in [0.25, 0.3) is 0 Å². The van der Waals surface area contributed by atoms with Crippen LogP contribution in [0.3, 0.4) is 0 Å². The second kappa shape index (κ2) is 6.79. The van der Waals surface area contributed by atoms with Crippen molar-refractivity contribution in [2.75, 3.05) is 19.6 Å². The fourth-order valence-electron chi connectivity index (χ4n) is 3.05. The predicted molar refractivity (Wildman–Crippen MR) is 85.6 cm³/mol. The number of hydrogen-bond donors (Lipinski definition) is 1. The highest BCUT2D eigenvalue weighted by Gasteiger charge is 2.32. The number of carbonyl (C=O) groups is 1. The van der Waals surface area contributed by atoms with Crippen molar-refractivity contribution < 1.29 is 4.79 Å². The maximum absolute atomic E-state index is 12.2. The molecule has 4 heteroatoms. The van der Waals surface area contributed by atoms with Gasteiger partial charge in [0.1, 0.15) is 0 Å². The molecule has 1 aliphatic rings. The number of nitriles is 1. The molecule has 2 unspecified atom stereocenters. The largest absolute Gasteiger partial charge is 0.352 e. The van der Waals surface area contributed by atoms with E-state index >= 15 is 0 Å². The Balaban J connectivity index is 2.70. The maximum atomic E-state index is 12.2. The summed E-state index contributed by atoms with van der Waals surface area (Å²) < 4.78 is 0. The molecule has 0 aliphatic carbocycles. The first-order valence-electron chi connectivity index (χ1n) is 7.91. The summed E-state index contributed by atoms with van der Waals surface area (Å²) >= 11 is 0. The van der Waals surface area contributed by atoms with Crippen LogP contribution in [-0.4, -0.2) is 36.5 Å². The van der Waals surface area contributed by atoms with Gasteiger partial charge in [0, 0.05) is 24.5 Å². The van der Waals surface area contributed by atoms with Gasteiger partial charge in [0.15, 0.2) is 0 Å². The van der Waals surface area contributed by atoms with Crippen molar-refractivity contribution in [3.8, 4) is 6.07 Å². The number of nitrogens with zero attached hydrogens (tertiary/aromatic N) is 2. The second-order valence-corrected chi connectivity index (χ2v) is 8.64. The molecule has 1 rings (SSSR count). The fourth-order valence-corrected chi connectivity index (χ4v) is 3.05. The van der Waals surface area contributed by atoms with Crippen LogP contribution in [-0.2, 0) is 4.79 Å². The Kier molecular flexibility index (Phi) is 5.81. The highest BCUT2D eigenvalue weighted by Crippen LogP contribution is 2.30. The second-order valence-electron chi connectivity index (χ2n) is 8.64. The zero-order valence-corrected chi connectivity index (χ0v) is 14.5. The zero-order chi connectivity index (χ0) is 16.3. The van der Waals surface area contributed by atoms with Crippen LogP contribution >= 0.6 is 0 Å². The average molecular weight is 293 g/mol. The molecule has 0 radical (unpaired) electrons. The Morgan fingerprint density at radius 1 is 1.24 bits per heavy atom.